The summed E-state index contributed by atoms with van der Waals surface area (Å²) in [4.78, 5) is 42.4. The summed E-state index contributed by atoms with van der Waals surface area (Å²) in [6.45, 7) is 1.81. The molecule has 0 spiro atoms. The average molecular weight is 386 g/mol. The smallest absolute Gasteiger partial charge is 0.349 e. The summed E-state index contributed by atoms with van der Waals surface area (Å²) < 4.78 is 19.9. The summed E-state index contributed by atoms with van der Waals surface area (Å²) in [6, 6.07) is 5.19. The van der Waals surface area contributed by atoms with Crippen molar-refractivity contribution < 1.29 is 18.7 Å². The van der Waals surface area contributed by atoms with Crippen molar-refractivity contribution in [3.63, 3.8) is 0 Å². The molecular formula is C19H15FN2O4S. The number of rotatable bonds is 4. The number of ether oxygens (including phenoxy) is 1. The topological polar surface area (TPSA) is 78.3 Å². The minimum absolute atomic E-state index is 0.132. The van der Waals surface area contributed by atoms with Gasteiger partial charge in [-0.05, 0) is 31.0 Å². The van der Waals surface area contributed by atoms with Crippen LogP contribution in [0.2, 0.25) is 0 Å². The number of hydrogen-bond acceptors (Lipinski definition) is 6. The van der Waals surface area contributed by atoms with Gasteiger partial charge in [-0.15, -0.1) is 11.3 Å². The minimum atomic E-state index is -0.690. The SMILES string of the molecule is Cc1c(C(=O)OCC(=O)c2cccc(F)c2)sc2nc3n(c(=O)c12)CCC3. The molecule has 6 nitrogen and oxygen atoms in total. The molecular weight excluding hydrogens is 371 g/mol. The van der Waals surface area contributed by atoms with Gasteiger partial charge < -0.3 is 4.74 Å². The number of benzene rings is 1. The molecule has 1 aliphatic heterocycles. The van der Waals surface area contributed by atoms with Gasteiger partial charge in [0.25, 0.3) is 5.56 Å². The first-order chi connectivity index (χ1) is 13.0. The molecule has 0 radical (unpaired) electrons. The Morgan fingerprint density at radius 3 is 2.96 bits per heavy atom. The van der Waals surface area contributed by atoms with Crippen molar-refractivity contribution in [2.24, 2.45) is 0 Å². The summed E-state index contributed by atoms with van der Waals surface area (Å²) in [6.07, 6.45) is 1.62. The van der Waals surface area contributed by atoms with E-state index >= 15 is 0 Å². The number of aromatic nitrogens is 2. The Kier molecular flexibility index (Phi) is 4.35. The van der Waals surface area contributed by atoms with Crippen LogP contribution in [-0.4, -0.2) is 27.9 Å². The zero-order valence-electron chi connectivity index (χ0n) is 14.5. The Balaban J connectivity index is 1.58. The van der Waals surface area contributed by atoms with E-state index in [1.165, 1.54) is 18.2 Å². The molecule has 0 saturated carbocycles. The van der Waals surface area contributed by atoms with E-state index in [9.17, 15) is 18.8 Å². The lowest BCUT2D eigenvalue weighted by molar-refractivity contribution is 0.0479. The van der Waals surface area contributed by atoms with Crippen LogP contribution in [0.4, 0.5) is 4.39 Å². The van der Waals surface area contributed by atoms with Crippen molar-refractivity contribution in [3.05, 3.63) is 62.3 Å². The number of Topliss-reactive ketones (excluding diaryl/α,β-unsaturated/α-hetero) is 1. The summed E-state index contributed by atoms with van der Waals surface area (Å²) in [5.74, 6) is -0.995. The normalized spacial score (nSPS) is 13.0. The number of hydrogen-bond donors (Lipinski definition) is 0. The van der Waals surface area contributed by atoms with Crippen LogP contribution in [-0.2, 0) is 17.7 Å². The Bertz CT molecular complexity index is 1150. The summed E-state index contributed by atoms with van der Waals surface area (Å²) in [5.41, 5.74) is 0.501. The third-order valence-electron chi connectivity index (χ3n) is 4.58. The van der Waals surface area contributed by atoms with Crippen molar-refractivity contribution in [1.29, 1.82) is 0 Å². The van der Waals surface area contributed by atoms with Crippen LogP contribution in [0.15, 0.2) is 29.1 Å². The highest BCUT2D eigenvalue weighted by Gasteiger charge is 2.24. The fourth-order valence-electron chi connectivity index (χ4n) is 3.21. The molecule has 0 fully saturated rings. The van der Waals surface area contributed by atoms with Gasteiger partial charge in [0, 0.05) is 18.5 Å². The van der Waals surface area contributed by atoms with E-state index in [2.05, 4.69) is 4.98 Å². The highest BCUT2D eigenvalue weighted by molar-refractivity contribution is 7.20. The highest BCUT2D eigenvalue weighted by Crippen LogP contribution is 2.29. The van der Waals surface area contributed by atoms with Gasteiger partial charge in [0.15, 0.2) is 12.4 Å². The van der Waals surface area contributed by atoms with Crippen LogP contribution in [0.5, 0.6) is 0 Å². The second-order valence-corrected chi connectivity index (χ2v) is 7.33. The molecule has 1 aromatic carbocycles. The second kappa shape index (κ2) is 6.70. The predicted octanol–water partition coefficient (Wildman–Crippen LogP) is 2.89. The molecule has 3 aromatic rings. The molecule has 138 valence electrons. The third kappa shape index (κ3) is 3.06. The van der Waals surface area contributed by atoms with Crippen LogP contribution in [0, 0.1) is 12.7 Å². The van der Waals surface area contributed by atoms with Crippen LogP contribution in [0.25, 0.3) is 10.2 Å². The molecule has 0 N–H and O–H groups in total. The van der Waals surface area contributed by atoms with Gasteiger partial charge in [0.1, 0.15) is 21.3 Å². The zero-order valence-corrected chi connectivity index (χ0v) is 15.3. The maximum Gasteiger partial charge on any atom is 0.349 e. The monoisotopic (exact) mass is 386 g/mol. The van der Waals surface area contributed by atoms with Crippen LogP contribution in [0.3, 0.4) is 0 Å². The Morgan fingerprint density at radius 1 is 1.37 bits per heavy atom. The molecule has 4 rings (SSSR count). The van der Waals surface area contributed by atoms with Crippen LogP contribution < -0.4 is 5.56 Å². The second-order valence-electron chi connectivity index (χ2n) is 6.33. The van der Waals surface area contributed by atoms with Gasteiger partial charge in [-0.2, -0.15) is 0 Å². The van der Waals surface area contributed by atoms with Gasteiger partial charge in [0.05, 0.1) is 5.39 Å². The van der Waals surface area contributed by atoms with Crippen LogP contribution >= 0.6 is 11.3 Å². The first-order valence-electron chi connectivity index (χ1n) is 8.44. The van der Waals surface area contributed by atoms with Crippen molar-refractivity contribution in [1.82, 2.24) is 9.55 Å². The predicted molar refractivity (Wildman–Crippen MR) is 98.0 cm³/mol. The molecule has 2 aromatic heterocycles. The fourth-order valence-corrected chi connectivity index (χ4v) is 4.30. The van der Waals surface area contributed by atoms with E-state index in [0.29, 0.717) is 22.3 Å². The van der Waals surface area contributed by atoms with E-state index in [4.69, 9.17) is 4.74 Å². The van der Waals surface area contributed by atoms with Crippen molar-refractivity contribution in [3.8, 4) is 0 Å². The lowest BCUT2D eigenvalue weighted by Gasteiger charge is -2.04. The summed E-state index contributed by atoms with van der Waals surface area (Å²) >= 11 is 1.09. The third-order valence-corrected chi connectivity index (χ3v) is 5.74. The van der Waals surface area contributed by atoms with E-state index in [0.717, 1.165) is 36.1 Å². The number of thiophene rings is 1. The molecule has 0 saturated heterocycles. The van der Waals surface area contributed by atoms with Gasteiger partial charge >= 0.3 is 5.97 Å². The highest BCUT2D eigenvalue weighted by atomic mass is 32.1. The molecule has 27 heavy (non-hydrogen) atoms. The van der Waals surface area contributed by atoms with Crippen molar-refractivity contribution >= 4 is 33.3 Å². The Labute approximate surface area is 157 Å². The summed E-state index contributed by atoms with van der Waals surface area (Å²) in [7, 11) is 0. The van der Waals surface area contributed by atoms with E-state index in [1.807, 2.05) is 0 Å². The number of carbonyl (C=O) groups excluding carboxylic acids is 2. The molecule has 0 atom stereocenters. The molecule has 0 amide bonds. The van der Waals surface area contributed by atoms with Crippen molar-refractivity contribution in [2.45, 2.75) is 26.3 Å². The lowest BCUT2D eigenvalue weighted by Crippen LogP contribution is -2.20. The number of halogens is 1. The zero-order chi connectivity index (χ0) is 19.1. The number of nitrogens with zero attached hydrogens (tertiary/aromatic N) is 2. The average Bonchev–Trinajstić information content (AvgIpc) is 3.24. The minimum Gasteiger partial charge on any atom is -0.453 e. The van der Waals surface area contributed by atoms with Crippen LogP contribution in [0.1, 0.15) is 37.8 Å². The molecule has 0 unspecified atom stereocenters. The number of carbonyl (C=O) groups is 2. The van der Waals surface area contributed by atoms with Crippen molar-refractivity contribution in [2.75, 3.05) is 6.61 Å². The molecule has 0 aliphatic carbocycles. The van der Waals surface area contributed by atoms with Gasteiger partial charge in [0.2, 0.25) is 0 Å². The maximum absolute atomic E-state index is 13.2. The molecule has 3 heterocycles. The fraction of sp³-hybridized carbons (Fsp3) is 0.263. The molecule has 8 heteroatoms. The quantitative estimate of drug-likeness (QED) is 0.509. The Morgan fingerprint density at radius 2 is 2.19 bits per heavy atom. The van der Waals surface area contributed by atoms with Gasteiger partial charge in [-0.3, -0.25) is 14.2 Å². The lowest BCUT2D eigenvalue weighted by atomic mass is 10.1. The first-order valence-corrected chi connectivity index (χ1v) is 9.26. The van der Waals surface area contributed by atoms with Gasteiger partial charge in [-0.1, -0.05) is 12.1 Å². The number of esters is 1. The van der Waals surface area contributed by atoms with Gasteiger partial charge in [-0.25, -0.2) is 14.2 Å². The maximum atomic E-state index is 13.2. The first kappa shape index (κ1) is 17.5. The standard InChI is InChI=1S/C19H15FN2O4S/c1-10-15-17(21-14-6-3-7-22(14)18(15)24)27-16(10)19(25)26-9-13(23)11-4-2-5-12(20)8-11/h2,4-5,8H,3,6-7,9H2,1H3. The molecule has 0 bridgehead atoms. The van der Waals surface area contributed by atoms with E-state index < -0.39 is 24.2 Å². The Hall–Kier alpha value is -2.87. The number of aryl methyl sites for hydroxylation is 2. The van der Waals surface area contributed by atoms with E-state index in [-0.39, 0.29) is 16.0 Å². The number of ketones is 1. The number of fused-ring (bicyclic) bond motifs is 2. The summed E-state index contributed by atoms with van der Waals surface area (Å²) in [5, 5.41) is 0.425. The molecule has 1 aliphatic rings. The van der Waals surface area contributed by atoms with E-state index in [1.54, 1.807) is 11.5 Å². The largest absolute Gasteiger partial charge is 0.453 e.